The quantitative estimate of drug-likeness (QED) is 0.898. The van der Waals surface area contributed by atoms with Crippen LogP contribution in [0.3, 0.4) is 0 Å². The number of nitrogens with one attached hydrogen (secondary N) is 1. The van der Waals surface area contributed by atoms with Crippen molar-refractivity contribution >= 4 is 5.69 Å². The summed E-state index contributed by atoms with van der Waals surface area (Å²) < 4.78 is 13.3. The smallest absolute Gasteiger partial charge is 0.125 e. The third kappa shape index (κ3) is 4.05. The summed E-state index contributed by atoms with van der Waals surface area (Å²) in [6, 6.07) is 13.5. The summed E-state index contributed by atoms with van der Waals surface area (Å²) in [5, 5.41) is 3.35. The fraction of sp³-hybridized carbons (Fsp3) is 0.333. The summed E-state index contributed by atoms with van der Waals surface area (Å²) >= 11 is 0. The van der Waals surface area contributed by atoms with Crippen molar-refractivity contribution in [2.75, 3.05) is 25.5 Å². The topological polar surface area (TPSA) is 15.3 Å². The molecule has 0 heterocycles. The van der Waals surface area contributed by atoms with E-state index in [0.29, 0.717) is 0 Å². The normalized spacial score (nSPS) is 12.2. The number of hydrogen-bond donors (Lipinski definition) is 1. The molecule has 0 saturated heterocycles. The highest BCUT2D eigenvalue weighted by atomic mass is 19.1. The molecule has 0 aliphatic heterocycles. The van der Waals surface area contributed by atoms with Crippen LogP contribution < -0.4 is 10.2 Å². The molecule has 0 amide bonds. The first kappa shape index (κ1) is 15.5. The van der Waals surface area contributed by atoms with Crippen LogP contribution in [0.4, 0.5) is 10.1 Å². The maximum atomic E-state index is 13.3. The van der Waals surface area contributed by atoms with E-state index in [1.165, 1.54) is 22.8 Å². The molecule has 0 saturated carbocycles. The van der Waals surface area contributed by atoms with Crippen LogP contribution in [0.5, 0.6) is 0 Å². The van der Waals surface area contributed by atoms with Gasteiger partial charge >= 0.3 is 0 Å². The number of benzene rings is 2. The van der Waals surface area contributed by atoms with E-state index in [9.17, 15) is 4.39 Å². The van der Waals surface area contributed by atoms with E-state index in [0.717, 1.165) is 12.2 Å². The molecular formula is C18H23FN2. The van der Waals surface area contributed by atoms with E-state index >= 15 is 0 Å². The van der Waals surface area contributed by atoms with Gasteiger partial charge in [0.2, 0.25) is 0 Å². The molecule has 2 aromatic rings. The highest BCUT2D eigenvalue weighted by molar-refractivity contribution is 5.46. The van der Waals surface area contributed by atoms with Gasteiger partial charge in [-0.05, 0) is 44.7 Å². The first-order valence-corrected chi connectivity index (χ1v) is 7.22. The van der Waals surface area contributed by atoms with Crippen LogP contribution in [0.25, 0.3) is 0 Å². The molecule has 2 aromatic carbocycles. The molecule has 1 unspecified atom stereocenters. The molecule has 2 nitrogen and oxygen atoms in total. The van der Waals surface area contributed by atoms with Crippen molar-refractivity contribution in [3.63, 3.8) is 0 Å². The van der Waals surface area contributed by atoms with Crippen LogP contribution in [0.2, 0.25) is 0 Å². The Morgan fingerprint density at radius 1 is 1.10 bits per heavy atom. The van der Waals surface area contributed by atoms with Crippen LogP contribution in [0.1, 0.15) is 22.7 Å². The maximum Gasteiger partial charge on any atom is 0.125 e. The van der Waals surface area contributed by atoms with Crippen molar-refractivity contribution < 1.29 is 4.39 Å². The van der Waals surface area contributed by atoms with Crippen molar-refractivity contribution in [1.82, 2.24) is 5.32 Å². The molecule has 0 spiro atoms. The molecule has 0 radical (unpaired) electrons. The Hall–Kier alpha value is -1.87. The van der Waals surface area contributed by atoms with Gasteiger partial charge in [-0.3, -0.25) is 0 Å². The Kier molecular flexibility index (Phi) is 4.97. The lowest BCUT2D eigenvalue weighted by atomic mass is 10.0. The first-order valence-electron chi connectivity index (χ1n) is 7.22. The lowest BCUT2D eigenvalue weighted by Gasteiger charge is -2.26. The third-order valence-electron chi connectivity index (χ3n) is 3.70. The predicted octanol–water partition coefficient (Wildman–Crippen LogP) is 3.84. The first-order chi connectivity index (χ1) is 9.99. The molecule has 0 aromatic heterocycles. The molecule has 3 heteroatoms. The van der Waals surface area contributed by atoms with Crippen LogP contribution >= 0.6 is 0 Å². The summed E-state index contributed by atoms with van der Waals surface area (Å²) in [4.78, 5) is 2.07. The highest BCUT2D eigenvalue weighted by Crippen LogP contribution is 2.21. The van der Waals surface area contributed by atoms with Gasteiger partial charge in [-0.2, -0.15) is 0 Å². The molecule has 0 bridgehead atoms. The van der Waals surface area contributed by atoms with Gasteiger partial charge in [0.15, 0.2) is 0 Å². The van der Waals surface area contributed by atoms with Gasteiger partial charge in [0.05, 0.1) is 0 Å². The van der Waals surface area contributed by atoms with Crippen LogP contribution in [-0.4, -0.2) is 20.6 Å². The number of nitrogens with zero attached hydrogens (tertiary/aromatic N) is 1. The monoisotopic (exact) mass is 286 g/mol. The number of likely N-dealkylation sites (N-methyl/N-ethyl adjacent to an activating group) is 2. The molecule has 1 N–H and O–H groups in total. The maximum absolute atomic E-state index is 13.3. The number of aryl methyl sites for hydroxylation is 2. The lowest BCUT2D eigenvalue weighted by Crippen LogP contribution is -2.31. The van der Waals surface area contributed by atoms with E-state index < -0.39 is 0 Å². The standard InChI is InChI=1S/C18H23FN2/c1-13-8-14(2)10-15(9-13)18(20-3)12-21(4)17-7-5-6-16(19)11-17/h5-11,18,20H,12H2,1-4H3. The molecular weight excluding hydrogens is 263 g/mol. The van der Waals surface area contributed by atoms with E-state index in [2.05, 4.69) is 42.3 Å². The van der Waals surface area contributed by atoms with Crippen molar-refractivity contribution in [3.8, 4) is 0 Å². The molecule has 0 aliphatic carbocycles. The van der Waals surface area contributed by atoms with E-state index in [4.69, 9.17) is 0 Å². The molecule has 0 aliphatic rings. The average Bonchev–Trinajstić information content (AvgIpc) is 2.43. The number of halogens is 1. The van der Waals surface area contributed by atoms with Gasteiger partial charge < -0.3 is 10.2 Å². The second kappa shape index (κ2) is 6.72. The summed E-state index contributed by atoms with van der Waals surface area (Å²) in [6.45, 7) is 5.00. The second-order valence-electron chi connectivity index (χ2n) is 5.62. The minimum absolute atomic E-state index is 0.202. The van der Waals surface area contributed by atoms with Gasteiger partial charge in [-0.15, -0.1) is 0 Å². The predicted molar refractivity (Wildman–Crippen MR) is 87.4 cm³/mol. The van der Waals surface area contributed by atoms with Gasteiger partial charge in [0.1, 0.15) is 5.82 Å². The molecule has 0 fully saturated rings. The summed E-state index contributed by atoms with van der Waals surface area (Å²) in [7, 11) is 3.95. The fourth-order valence-electron chi connectivity index (χ4n) is 2.67. The van der Waals surface area contributed by atoms with Crippen LogP contribution in [0.15, 0.2) is 42.5 Å². The second-order valence-corrected chi connectivity index (χ2v) is 5.62. The molecule has 112 valence electrons. The number of rotatable bonds is 5. The van der Waals surface area contributed by atoms with Crippen molar-refractivity contribution in [3.05, 3.63) is 65.0 Å². The Bertz CT molecular complexity index is 590. The van der Waals surface area contributed by atoms with Crippen LogP contribution in [0, 0.1) is 19.7 Å². The van der Waals surface area contributed by atoms with Crippen molar-refractivity contribution in [2.45, 2.75) is 19.9 Å². The molecule has 2 rings (SSSR count). The zero-order valence-corrected chi connectivity index (χ0v) is 13.2. The van der Waals surface area contributed by atoms with Gasteiger partial charge in [0.25, 0.3) is 0 Å². The zero-order chi connectivity index (χ0) is 15.4. The van der Waals surface area contributed by atoms with Gasteiger partial charge in [-0.1, -0.05) is 35.4 Å². The minimum Gasteiger partial charge on any atom is -0.373 e. The SMILES string of the molecule is CNC(CN(C)c1cccc(F)c1)c1cc(C)cc(C)c1. The van der Waals surface area contributed by atoms with E-state index in [1.54, 1.807) is 12.1 Å². The van der Waals surface area contributed by atoms with Crippen LogP contribution in [-0.2, 0) is 0 Å². The summed E-state index contributed by atoms with van der Waals surface area (Å²) in [5.74, 6) is -0.202. The zero-order valence-electron chi connectivity index (χ0n) is 13.2. The lowest BCUT2D eigenvalue weighted by molar-refractivity contribution is 0.586. The third-order valence-corrected chi connectivity index (χ3v) is 3.70. The largest absolute Gasteiger partial charge is 0.373 e. The average molecular weight is 286 g/mol. The molecule has 21 heavy (non-hydrogen) atoms. The minimum atomic E-state index is -0.202. The van der Waals surface area contributed by atoms with Crippen molar-refractivity contribution in [1.29, 1.82) is 0 Å². The Morgan fingerprint density at radius 3 is 2.33 bits per heavy atom. The van der Waals surface area contributed by atoms with Crippen molar-refractivity contribution in [2.24, 2.45) is 0 Å². The molecule has 1 atom stereocenters. The highest BCUT2D eigenvalue weighted by Gasteiger charge is 2.13. The Labute approximate surface area is 126 Å². The van der Waals surface area contributed by atoms with E-state index in [-0.39, 0.29) is 11.9 Å². The summed E-state index contributed by atoms with van der Waals surface area (Å²) in [5.41, 5.74) is 4.68. The fourth-order valence-corrected chi connectivity index (χ4v) is 2.67. The Balaban J connectivity index is 2.18. The number of anilines is 1. The summed E-state index contributed by atoms with van der Waals surface area (Å²) in [6.07, 6.45) is 0. The van der Waals surface area contributed by atoms with Gasteiger partial charge in [-0.25, -0.2) is 4.39 Å². The Morgan fingerprint density at radius 2 is 1.76 bits per heavy atom. The number of hydrogen-bond acceptors (Lipinski definition) is 2. The van der Waals surface area contributed by atoms with E-state index in [1.807, 2.05) is 20.2 Å². The van der Waals surface area contributed by atoms with Gasteiger partial charge in [0, 0.05) is 25.3 Å².